The molecule has 1 atom stereocenters. The van der Waals surface area contributed by atoms with E-state index in [-0.39, 0.29) is 0 Å². The van der Waals surface area contributed by atoms with E-state index in [0.29, 0.717) is 6.10 Å². The van der Waals surface area contributed by atoms with Crippen molar-refractivity contribution in [2.75, 3.05) is 6.61 Å². The summed E-state index contributed by atoms with van der Waals surface area (Å²) >= 11 is 0. The average molecular weight is 196 g/mol. The van der Waals surface area contributed by atoms with E-state index in [1.165, 1.54) is 51.4 Å². The molecule has 0 amide bonds. The standard InChI is InChI=1S/C13H24O/c1-2-3-4-5-6-7-8-9-12-14-13-10-11-13/h10,13H,1-9,11-12H2. The van der Waals surface area contributed by atoms with Gasteiger partial charge in [-0.3, -0.25) is 0 Å². The lowest BCUT2D eigenvalue weighted by atomic mass is 10.1. The van der Waals surface area contributed by atoms with Crippen LogP contribution >= 0.6 is 0 Å². The largest absolute Gasteiger partial charge is 0.378 e. The van der Waals surface area contributed by atoms with Crippen molar-refractivity contribution in [1.82, 2.24) is 0 Å². The SMILES string of the molecule is [CH2]CCCCCCCCCOC1[CH]C1. The van der Waals surface area contributed by atoms with Crippen LogP contribution in [-0.4, -0.2) is 12.7 Å². The molecule has 14 heavy (non-hydrogen) atoms. The molecule has 1 aliphatic rings. The maximum absolute atomic E-state index is 5.53. The van der Waals surface area contributed by atoms with Crippen LogP contribution in [0.25, 0.3) is 0 Å². The molecule has 0 aliphatic heterocycles. The first-order valence-corrected chi connectivity index (χ1v) is 6.17. The number of hydrogen-bond donors (Lipinski definition) is 0. The molecule has 1 nitrogen and oxygen atoms in total. The lowest BCUT2D eigenvalue weighted by Crippen LogP contribution is -1.95. The van der Waals surface area contributed by atoms with E-state index in [1.807, 2.05) is 0 Å². The maximum Gasteiger partial charge on any atom is 0.0611 e. The summed E-state index contributed by atoms with van der Waals surface area (Å²) in [6.07, 6.45) is 14.5. The fourth-order valence-electron chi connectivity index (χ4n) is 1.59. The van der Waals surface area contributed by atoms with Gasteiger partial charge in [-0.15, -0.1) is 0 Å². The molecular weight excluding hydrogens is 172 g/mol. The van der Waals surface area contributed by atoms with Gasteiger partial charge < -0.3 is 4.74 Å². The first-order chi connectivity index (χ1) is 6.93. The maximum atomic E-state index is 5.53. The minimum atomic E-state index is 0.520. The molecule has 1 heteroatoms. The Bertz CT molecular complexity index is 118. The van der Waals surface area contributed by atoms with E-state index in [1.54, 1.807) is 0 Å². The van der Waals surface area contributed by atoms with Crippen LogP contribution in [0, 0.1) is 13.3 Å². The fraction of sp³-hybridized carbons (Fsp3) is 0.846. The summed E-state index contributed by atoms with van der Waals surface area (Å²) in [7, 11) is 0. The predicted octanol–water partition coefficient (Wildman–Crippen LogP) is 3.93. The van der Waals surface area contributed by atoms with Crippen molar-refractivity contribution >= 4 is 0 Å². The van der Waals surface area contributed by atoms with E-state index in [4.69, 9.17) is 4.74 Å². The van der Waals surface area contributed by atoms with Gasteiger partial charge in [-0.05, 0) is 19.3 Å². The van der Waals surface area contributed by atoms with Crippen LogP contribution in [0.3, 0.4) is 0 Å². The zero-order chi connectivity index (χ0) is 10.1. The molecule has 0 aromatic heterocycles. The molecule has 0 saturated heterocycles. The van der Waals surface area contributed by atoms with Gasteiger partial charge in [0.05, 0.1) is 6.10 Å². The number of hydrogen-bond acceptors (Lipinski definition) is 1. The highest BCUT2D eigenvalue weighted by Crippen LogP contribution is 2.22. The molecule has 1 saturated carbocycles. The Labute approximate surface area is 89.2 Å². The zero-order valence-corrected chi connectivity index (χ0v) is 9.34. The summed E-state index contributed by atoms with van der Waals surface area (Å²) in [4.78, 5) is 0. The molecule has 0 N–H and O–H groups in total. The minimum Gasteiger partial charge on any atom is -0.378 e. The van der Waals surface area contributed by atoms with Crippen molar-refractivity contribution in [3.05, 3.63) is 13.3 Å². The van der Waals surface area contributed by atoms with Crippen LogP contribution in [0.2, 0.25) is 0 Å². The van der Waals surface area contributed by atoms with Crippen molar-refractivity contribution in [2.24, 2.45) is 0 Å². The fourth-order valence-corrected chi connectivity index (χ4v) is 1.59. The van der Waals surface area contributed by atoms with E-state index in [9.17, 15) is 0 Å². The second-order valence-corrected chi connectivity index (χ2v) is 4.21. The van der Waals surface area contributed by atoms with Crippen LogP contribution in [0.1, 0.15) is 57.8 Å². The molecule has 0 heterocycles. The molecule has 0 spiro atoms. The van der Waals surface area contributed by atoms with Crippen molar-refractivity contribution < 1.29 is 4.74 Å². The van der Waals surface area contributed by atoms with E-state index >= 15 is 0 Å². The van der Waals surface area contributed by atoms with Crippen LogP contribution in [0.15, 0.2) is 0 Å². The van der Waals surface area contributed by atoms with Gasteiger partial charge in [-0.25, -0.2) is 0 Å². The van der Waals surface area contributed by atoms with Gasteiger partial charge in [0.1, 0.15) is 0 Å². The van der Waals surface area contributed by atoms with Gasteiger partial charge in [0, 0.05) is 6.61 Å². The smallest absolute Gasteiger partial charge is 0.0611 e. The second kappa shape index (κ2) is 8.28. The minimum absolute atomic E-state index is 0.520. The molecule has 0 aromatic carbocycles. The van der Waals surface area contributed by atoms with Gasteiger partial charge in [0.25, 0.3) is 0 Å². The highest BCUT2D eigenvalue weighted by atomic mass is 16.5. The average Bonchev–Trinajstić information content (AvgIpc) is 2.99. The van der Waals surface area contributed by atoms with Crippen LogP contribution in [0.5, 0.6) is 0 Å². The van der Waals surface area contributed by atoms with Gasteiger partial charge in [0.2, 0.25) is 0 Å². The number of rotatable bonds is 10. The monoisotopic (exact) mass is 196 g/mol. The number of ether oxygens (including phenoxy) is 1. The Morgan fingerprint density at radius 3 is 2.14 bits per heavy atom. The normalized spacial score (nSPS) is 16.1. The van der Waals surface area contributed by atoms with Gasteiger partial charge >= 0.3 is 0 Å². The molecule has 1 fully saturated rings. The lowest BCUT2D eigenvalue weighted by molar-refractivity contribution is 0.122. The molecule has 0 aromatic rings. The van der Waals surface area contributed by atoms with E-state index in [2.05, 4.69) is 13.3 Å². The summed E-state index contributed by atoms with van der Waals surface area (Å²) in [5.41, 5.74) is 0. The molecular formula is C13H24O. The third-order valence-electron chi connectivity index (χ3n) is 2.65. The molecule has 1 rings (SSSR count). The van der Waals surface area contributed by atoms with Crippen LogP contribution < -0.4 is 0 Å². The van der Waals surface area contributed by atoms with E-state index < -0.39 is 0 Å². The molecule has 82 valence electrons. The second-order valence-electron chi connectivity index (χ2n) is 4.21. The molecule has 2 radical (unpaired) electrons. The summed E-state index contributed by atoms with van der Waals surface area (Å²) in [6, 6.07) is 0. The zero-order valence-electron chi connectivity index (χ0n) is 9.34. The topological polar surface area (TPSA) is 9.23 Å². The Balaban J connectivity index is 1.63. The third-order valence-corrected chi connectivity index (χ3v) is 2.65. The molecule has 1 unspecified atom stereocenters. The molecule has 0 bridgehead atoms. The first kappa shape index (κ1) is 12.0. The van der Waals surface area contributed by atoms with E-state index in [0.717, 1.165) is 13.0 Å². The van der Waals surface area contributed by atoms with Crippen LogP contribution in [-0.2, 0) is 4.74 Å². The number of unbranched alkanes of at least 4 members (excludes halogenated alkanes) is 7. The Kier molecular flexibility index (Phi) is 7.12. The first-order valence-electron chi connectivity index (χ1n) is 6.17. The van der Waals surface area contributed by atoms with Gasteiger partial charge in [-0.2, -0.15) is 0 Å². The van der Waals surface area contributed by atoms with Gasteiger partial charge in [0.15, 0.2) is 0 Å². The summed E-state index contributed by atoms with van der Waals surface area (Å²) < 4.78 is 5.53. The quantitative estimate of drug-likeness (QED) is 0.481. The van der Waals surface area contributed by atoms with Crippen molar-refractivity contribution in [1.29, 1.82) is 0 Å². The van der Waals surface area contributed by atoms with Crippen molar-refractivity contribution in [3.63, 3.8) is 0 Å². The van der Waals surface area contributed by atoms with Crippen LogP contribution in [0.4, 0.5) is 0 Å². The summed E-state index contributed by atoms with van der Waals surface area (Å²) in [5.74, 6) is 0. The third kappa shape index (κ3) is 7.37. The Morgan fingerprint density at radius 2 is 1.57 bits per heavy atom. The Morgan fingerprint density at radius 1 is 1.00 bits per heavy atom. The highest BCUT2D eigenvalue weighted by Gasteiger charge is 2.21. The van der Waals surface area contributed by atoms with Crippen molar-refractivity contribution in [2.45, 2.75) is 63.9 Å². The lowest BCUT2D eigenvalue weighted by Gasteiger charge is -2.02. The Hall–Kier alpha value is -0.0400. The highest BCUT2D eigenvalue weighted by molar-refractivity contribution is 4.96. The molecule has 1 aliphatic carbocycles. The van der Waals surface area contributed by atoms with Gasteiger partial charge in [-0.1, -0.05) is 51.9 Å². The van der Waals surface area contributed by atoms with Crippen molar-refractivity contribution in [3.8, 4) is 0 Å². The summed E-state index contributed by atoms with van der Waals surface area (Å²) in [6.45, 7) is 4.82. The predicted molar refractivity (Wildman–Crippen MR) is 61.0 cm³/mol. The summed E-state index contributed by atoms with van der Waals surface area (Å²) in [5, 5.41) is 0.